The molecular weight excluding hydrogens is 817 g/mol. The summed E-state index contributed by atoms with van der Waals surface area (Å²) in [6.07, 6.45) is 0. The summed E-state index contributed by atoms with van der Waals surface area (Å²) < 4.78 is 11.4. The fourth-order valence-corrected chi connectivity index (χ4v) is 10.2. The average Bonchev–Trinajstić information content (AvgIpc) is 4.06. The molecule has 0 saturated heterocycles. The summed E-state index contributed by atoms with van der Waals surface area (Å²) in [5.41, 5.74) is 16.0. The van der Waals surface area contributed by atoms with Crippen LogP contribution in [0.2, 0.25) is 0 Å². The van der Waals surface area contributed by atoms with Gasteiger partial charge in [0.1, 0.15) is 16.8 Å². The molecule has 3 heterocycles. The van der Waals surface area contributed by atoms with Crippen LogP contribution in [0.4, 0.5) is 34.1 Å². The van der Waals surface area contributed by atoms with Gasteiger partial charge in [0.25, 0.3) is 0 Å². The standard InChI is InChI=1S/C62H42N4O/c1-6-20-43(21-7-1)44-22-18-31-49(40-44)63(45-23-8-2-9-24-45)50-37-39-55-54(41-50)60-52-38-36-51(42-57(52)66(48-29-14-5-15-30-48)62(60)65(55)47-27-12-4-13-28-47)64(46-25-10-3-11-26-46)56-33-19-35-59-61(56)53-32-16-17-34-58(53)67-59/h1-42H. The quantitative estimate of drug-likeness (QED) is 0.145. The van der Waals surface area contributed by atoms with Gasteiger partial charge in [-0.15, -0.1) is 0 Å². The van der Waals surface area contributed by atoms with Crippen LogP contribution in [0.15, 0.2) is 259 Å². The zero-order valence-corrected chi connectivity index (χ0v) is 36.4. The molecule has 67 heavy (non-hydrogen) atoms. The van der Waals surface area contributed by atoms with Crippen molar-refractivity contribution in [2.45, 2.75) is 0 Å². The molecule has 0 unspecified atom stereocenters. The minimum absolute atomic E-state index is 0.856. The molecule has 5 nitrogen and oxygen atoms in total. The SMILES string of the molecule is c1ccc(-c2cccc(N(c3ccccc3)c3ccc4c(c3)c3c5ccc(N(c6ccccc6)c6cccc7oc8ccccc8c67)cc5n(-c5ccccc5)c3n4-c3ccccc3)c2)cc1. The Labute approximate surface area is 387 Å². The lowest BCUT2D eigenvalue weighted by Crippen LogP contribution is -2.10. The largest absolute Gasteiger partial charge is 0.456 e. The number of nitrogens with zero attached hydrogens (tertiary/aromatic N) is 4. The van der Waals surface area contributed by atoms with Gasteiger partial charge in [-0.1, -0.05) is 146 Å². The van der Waals surface area contributed by atoms with E-state index < -0.39 is 0 Å². The second kappa shape index (κ2) is 15.9. The van der Waals surface area contributed by atoms with Gasteiger partial charge < -0.3 is 14.2 Å². The molecule has 316 valence electrons. The van der Waals surface area contributed by atoms with Crippen molar-refractivity contribution < 1.29 is 4.42 Å². The Kier molecular flexibility index (Phi) is 9.10. The summed E-state index contributed by atoms with van der Waals surface area (Å²) in [4.78, 5) is 4.75. The summed E-state index contributed by atoms with van der Waals surface area (Å²) in [7, 11) is 0. The maximum Gasteiger partial charge on any atom is 0.137 e. The van der Waals surface area contributed by atoms with E-state index in [1.807, 2.05) is 6.07 Å². The van der Waals surface area contributed by atoms with E-state index in [0.717, 1.165) is 89.5 Å². The fraction of sp³-hybridized carbons (Fsp3) is 0. The first kappa shape index (κ1) is 38.4. The fourth-order valence-electron chi connectivity index (χ4n) is 10.2. The van der Waals surface area contributed by atoms with Crippen LogP contribution < -0.4 is 9.80 Å². The molecule has 13 aromatic rings. The molecule has 0 aliphatic carbocycles. The molecule has 10 aromatic carbocycles. The number of rotatable bonds is 9. The van der Waals surface area contributed by atoms with E-state index in [9.17, 15) is 0 Å². The molecule has 5 heteroatoms. The van der Waals surface area contributed by atoms with E-state index in [2.05, 4.69) is 268 Å². The van der Waals surface area contributed by atoms with E-state index >= 15 is 0 Å². The second-order valence-corrected chi connectivity index (χ2v) is 17.0. The third-order valence-corrected chi connectivity index (χ3v) is 13.0. The van der Waals surface area contributed by atoms with E-state index in [4.69, 9.17) is 4.42 Å². The molecule has 3 aromatic heterocycles. The van der Waals surface area contributed by atoms with Crippen LogP contribution in [0.25, 0.3) is 77.3 Å². The summed E-state index contributed by atoms with van der Waals surface area (Å²) in [5.74, 6) is 0. The smallest absolute Gasteiger partial charge is 0.137 e. The molecule has 0 aliphatic rings. The van der Waals surface area contributed by atoms with Crippen molar-refractivity contribution in [2.24, 2.45) is 0 Å². The van der Waals surface area contributed by atoms with Crippen LogP contribution in [0.5, 0.6) is 0 Å². The summed E-state index contributed by atoms with van der Waals surface area (Å²) in [6.45, 7) is 0. The normalized spacial score (nSPS) is 11.6. The molecule has 0 spiro atoms. The molecule has 0 aliphatic heterocycles. The Balaban J connectivity index is 1.10. The van der Waals surface area contributed by atoms with Gasteiger partial charge in [0.2, 0.25) is 0 Å². The highest BCUT2D eigenvalue weighted by atomic mass is 16.3. The summed E-state index contributed by atoms with van der Waals surface area (Å²) >= 11 is 0. The minimum atomic E-state index is 0.856. The van der Waals surface area contributed by atoms with Crippen molar-refractivity contribution in [2.75, 3.05) is 9.80 Å². The molecule has 0 amide bonds. The summed E-state index contributed by atoms with van der Waals surface area (Å²) in [6, 6.07) is 91.1. The molecule has 0 atom stereocenters. The van der Waals surface area contributed by atoms with Crippen LogP contribution >= 0.6 is 0 Å². The topological polar surface area (TPSA) is 29.5 Å². The molecule has 0 bridgehead atoms. The maximum absolute atomic E-state index is 6.46. The number of fused-ring (bicyclic) bond motifs is 8. The lowest BCUT2D eigenvalue weighted by Gasteiger charge is -2.26. The molecular formula is C62H42N4O. The third-order valence-electron chi connectivity index (χ3n) is 13.0. The number of furan rings is 1. The van der Waals surface area contributed by atoms with Gasteiger partial charge in [0.05, 0.1) is 22.1 Å². The predicted molar refractivity (Wildman–Crippen MR) is 280 cm³/mol. The second-order valence-electron chi connectivity index (χ2n) is 17.0. The van der Waals surface area contributed by atoms with Crippen molar-refractivity contribution >= 4 is 88.9 Å². The number of para-hydroxylation sites is 5. The molecule has 0 radical (unpaired) electrons. The molecule has 13 rings (SSSR count). The Hall–Kier alpha value is -9.06. The molecule has 0 fully saturated rings. The van der Waals surface area contributed by atoms with Crippen LogP contribution in [0, 0.1) is 0 Å². The van der Waals surface area contributed by atoms with Gasteiger partial charge in [-0.3, -0.25) is 9.13 Å². The van der Waals surface area contributed by atoms with Gasteiger partial charge in [-0.05, 0) is 120 Å². The van der Waals surface area contributed by atoms with Gasteiger partial charge >= 0.3 is 0 Å². The third kappa shape index (κ3) is 6.39. The first-order valence-corrected chi connectivity index (χ1v) is 22.8. The van der Waals surface area contributed by atoms with E-state index in [1.54, 1.807) is 0 Å². The van der Waals surface area contributed by atoms with Crippen LogP contribution in [-0.2, 0) is 0 Å². The highest BCUT2D eigenvalue weighted by Crippen LogP contribution is 2.48. The zero-order valence-electron chi connectivity index (χ0n) is 36.4. The number of benzene rings is 10. The highest BCUT2D eigenvalue weighted by Gasteiger charge is 2.26. The van der Waals surface area contributed by atoms with Crippen molar-refractivity contribution in [3.8, 4) is 22.5 Å². The van der Waals surface area contributed by atoms with Gasteiger partial charge in [-0.2, -0.15) is 0 Å². The molecule has 0 N–H and O–H groups in total. The first-order valence-electron chi connectivity index (χ1n) is 22.8. The number of hydrogen-bond acceptors (Lipinski definition) is 3. The minimum Gasteiger partial charge on any atom is -0.456 e. The van der Waals surface area contributed by atoms with Gasteiger partial charge in [0.15, 0.2) is 0 Å². The number of hydrogen-bond donors (Lipinski definition) is 0. The lowest BCUT2D eigenvalue weighted by molar-refractivity contribution is 0.669. The van der Waals surface area contributed by atoms with E-state index in [0.29, 0.717) is 0 Å². The lowest BCUT2D eigenvalue weighted by atomic mass is 10.0. The van der Waals surface area contributed by atoms with E-state index in [-0.39, 0.29) is 0 Å². The average molecular weight is 859 g/mol. The van der Waals surface area contributed by atoms with Gasteiger partial charge in [-0.25, -0.2) is 0 Å². The van der Waals surface area contributed by atoms with Crippen molar-refractivity contribution in [3.63, 3.8) is 0 Å². The Morgan fingerprint density at radius 1 is 0.299 bits per heavy atom. The number of aromatic nitrogens is 2. The van der Waals surface area contributed by atoms with Crippen molar-refractivity contribution in [1.29, 1.82) is 0 Å². The van der Waals surface area contributed by atoms with Crippen molar-refractivity contribution in [3.05, 3.63) is 255 Å². The number of anilines is 6. The van der Waals surface area contributed by atoms with Crippen LogP contribution in [-0.4, -0.2) is 9.13 Å². The Morgan fingerprint density at radius 3 is 1.54 bits per heavy atom. The van der Waals surface area contributed by atoms with Gasteiger partial charge in [0, 0.05) is 61.4 Å². The maximum atomic E-state index is 6.46. The summed E-state index contributed by atoms with van der Waals surface area (Å²) in [5, 5.41) is 5.68. The van der Waals surface area contributed by atoms with Crippen molar-refractivity contribution in [1.82, 2.24) is 9.13 Å². The molecule has 0 saturated carbocycles. The highest BCUT2D eigenvalue weighted by molar-refractivity contribution is 6.24. The predicted octanol–water partition coefficient (Wildman–Crippen LogP) is 17.2. The zero-order chi connectivity index (χ0) is 44.3. The Bertz CT molecular complexity index is 3910. The van der Waals surface area contributed by atoms with Crippen LogP contribution in [0.3, 0.4) is 0 Å². The first-order chi connectivity index (χ1) is 33.3. The van der Waals surface area contributed by atoms with E-state index in [1.165, 1.54) is 21.9 Å². The van der Waals surface area contributed by atoms with Crippen LogP contribution in [0.1, 0.15) is 0 Å². The monoisotopic (exact) mass is 858 g/mol. The Morgan fingerprint density at radius 2 is 0.821 bits per heavy atom.